The molecule has 0 aliphatic carbocycles. The molecule has 3 N–H and O–H groups in total. The van der Waals surface area contributed by atoms with E-state index in [1.165, 1.54) is 16.5 Å². The Balaban J connectivity index is 2.45. The summed E-state index contributed by atoms with van der Waals surface area (Å²) in [5.74, 6) is 5.21. The van der Waals surface area contributed by atoms with E-state index in [0.29, 0.717) is 10.6 Å². The summed E-state index contributed by atoms with van der Waals surface area (Å²) in [5.41, 5.74) is 4.35. The van der Waals surface area contributed by atoms with Crippen molar-refractivity contribution in [2.75, 3.05) is 0 Å². The van der Waals surface area contributed by atoms with Crippen LogP contribution in [-0.4, -0.2) is 0 Å². The third-order valence-corrected chi connectivity index (χ3v) is 4.36. The lowest BCUT2D eigenvalue weighted by Gasteiger charge is -2.15. The lowest BCUT2D eigenvalue weighted by Crippen LogP contribution is -2.28. The fraction of sp³-hybridized carbons (Fsp3) is 0.231. The summed E-state index contributed by atoms with van der Waals surface area (Å²) in [6, 6.07) is 6.30. The highest BCUT2D eigenvalue weighted by molar-refractivity contribution is 7.12. The Hall–Kier alpha value is -0.940. The molecular formula is C13H14ClFN2S. The average Bonchev–Trinajstić information content (AvgIpc) is 2.63. The molecule has 0 fully saturated rings. The largest absolute Gasteiger partial charge is 0.271 e. The van der Waals surface area contributed by atoms with Crippen LogP contribution in [0.2, 0.25) is 5.02 Å². The van der Waals surface area contributed by atoms with E-state index in [2.05, 4.69) is 5.43 Å². The number of hydrogen-bond acceptors (Lipinski definition) is 3. The number of hydrogen-bond donors (Lipinski definition) is 2. The minimum Gasteiger partial charge on any atom is -0.271 e. The molecule has 2 aromatic rings. The summed E-state index contributed by atoms with van der Waals surface area (Å²) in [7, 11) is 0. The van der Waals surface area contributed by atoms with E-state index in [4.69, 9.17) is 17.4 Å². The maximum atomic E-state index is 13.9. The third kappa shape index (κ3) is 2.57. The Labute approximate surface area is 115 Å². The Bertz CT molecular complexity index is 549. The first-order chi connectivity index (χ1) is 8.52. The fourth-order valence-corrected chi connectivity index (χ4v) is 3.09. The molecule has 2 rings (SSSR count). The second kappa shape index (κ2) is 5.36. The molecule has 1 aromatic carbocycles. The minimum atomic E-state index is -0.353. The van der Waals surface area contributed by atoms with Crippen molar-refractivity contribution in [1.82, 2.24) is 5.43 Å². The Morgan fingerprint density at radius 2 is 2.06 bits per heavy atom. The van der Waals surface area contributed by atoms with Crippen LogP contribution in [-0.2, 0) is 0 Å². The van der Waals surface area contributed by atoms with E-state index in [1.807, 2.05) is 19.9 Å². The summed E-state index contributed by atoms with van der Waals surface area (Å²) in [6.07, 6.45) is 0. The second-order valence-electron chi connectivity index (χ2n) is 4.15. The molecule has 1 heterocycles. The van der Waals surface area contributed by atoms with Crippen molar-refractivity contribution in [2.45, 2.75) is 19.9 Å². The van der Waals surface area contributed by atoms with E-state index in [0.717, 1.165) is 4.88 Å². The Morgan fingerprint density at radius 3 is 2.56 bits per heavy atom. The molecule has 0 saturated heterocycles. The van der Waals surface area contributed by atoms with Gasteiger partial charge in [-0.05, 0) is 37.6 Å². The third-order valence-electron chi connectivity index (χ3n) is 2.91. The van der Waals surface area contributed by atoms with Gasteiger partial charge in [0.05, 0.1) is 6.04 Å². The smallest absolute Gasteiger partial charge is 0.129 e. The molecule has 1 atom stereocenters. The molecule has 1 unspecified atom stereocenters. The SMILES string of the molecule is Cc1cc(C(NN)c2ccc(Cl)cc2F)sc1C. The Morgan fingerprint density at radius 1 is 1.33 bits per heavy atom. The summed E-state index contributed by atoms with van der Waals surface area (Å²) in [6.45, 7) is 4.07. The molecule has 1 aromatic heterocycles. The topological polar surface area (TPSA) is 38.0 Å². The lowest BCUT2D eigenvalue weighted by atomic mass is 10.0. The van der Waals surface area contributed by atoms with Crippen molar-refractivity contribution >= 4 is 22.9 Å². The van der Waals surface area contributed by atoms with Gasteiger partial charge in [0.25, 0.3) is 0 Å². The molecule has 5 heteroatoms. The van der Waals surface area contributed by atoms with Crippen LogP contribution in [0.15, 0.2) is 24.3 Å². The first kappa shape index (κ1) is 13.5. The number of nitrogens with one attached hydrogen (secondary N) is 1. The van der Waals surface area contributed by atoms with Crippen LogP contribution in [0.25, 0.3) is 0 Å². The molecular weight excluding hydrogens is 271 g/mol. The Kier molecular flexibility index (Phi) is 4.02. The van der Waals surface area contributed by atoms with Crippen molar-refractivity contribution < 1.29 is 4.39 Å². The van der Waals surface area contributed by atoms with Gasteiger partial charge in [-0.3, -0.25) is 5.84 Å². The van der Waals surface area contributed by atoms with Gasteiger partial charge in [0.1, 0.15) is 5.82 Å². The van der Waals surface area contributed by atoms with Crippen LogP contribution in [0.3, 0.4) is 0 Å². The van der Waals surface area contributed by atoms with E-state index < -0.39 is 0 Å². The zero-order valence-corrected chi connectivity index (χ0v) is 11.7. The number of benzene rings is 1. The number of rotatable bonds is 3. The molecule has 0 radical (unpaired) electrons. The number of thiophene rings is 1. The summed E-state index contributed by atoms with van der Waals surface area (Å²) in [5, 5.41) is 0.380. The van der Waals surface area contributed by atoms with E-state index in [1.54, 1.807) is 23.5 Å². The van der Waals surface area contributed by atoms with Gasteiger partial charge in [0, 0.05) is 20.3 Å². The summed E-state index contributed by atoms with van der Waals surface area (Å²) >= 11 is 7.36. The van der Waals surface area contributed by atoms with Gasteiger partial charge >= 0.3 is 0 Å². The molecule has 2 nitrogen and oxygen atoms in total. The average molecular weight is 285 g/mol. The lowest BCUT2D eigenvalue weighted by molar-refractivity contribution is 0.564. The molecule has 0 bridgehead atoms. The molecule has 96 valence electrons. The van der Waals surface area contributed by atoms with Crippen LogP contribution >= 0.6 is 22.9 Å². The van der Waals surface area contributed by atoms with E-state index >= 15 is 0 Å². The van der Waals surface area contributed by atoms with Gasteiger partial charge in [-0.25, -0.2) is 9.82 Å². The highest BCUT2D eigenvalue weighted by Gasteiger charge is 2.19. The standard InChI is InChI=1S/C13H14ClFN2S/c1-7-5-12(18-8(7)2)13(17-16)10-4-3-9(14)6-11(10)15/h3-6,13,17H,16H2,1-2H3. The van der Waals surface area contributed by atoms with Crippen LogP contribution in [0, 0.1) is 19.7 Å². The van der Waals surface area contributed by atoms with Crippen LogP contribution in [0.5, 0.6) is 0 Å². The molecule has 0 spiro atoms. The van der Waals surface area contributed by atoms with Crippen LogP contribution in [0.4, 0.5) is 4.39 Å². The van der Waals surface area contributed by atoms with Gasteiger partial charge in [-0.1, -0.05) is 17.7 Å². The zero-order valence-electron chi connectivity index (χ0n) is 10.1. The van der Waals surface area contributed by atoms with Crippen LogP contribution < -0.4 is 11.3 Å². The van der Waals surface area contributed by atoms with Crippen molar-refractivity contribution in [2.24, 2.45) is 5.84 Å². The quantitative estimate of drug-likeness (QED) is 0.666. The predicted octanol–water partition coefficient (Wildman–Crippen LogP) is 3.71. The van der Waals surface area contributed by atoms with Gasteiger partial charge in [-0.15, -0.1) is 11.3 Å². The first-order valence-electron chi connectivity index (χ1n) is 5.51. The highest BCUT2D eigenvalue weighted by atomic mass is 35.5. The number of aryl methyl sites for hydroxylation is 2. The second-order valence-corrected chi connectivity index (χ2v) is 5.88. The minimum absolute atomic E-state index is 0.348. The van der Waals surface area contributed by atoms with E-state index in [-0.39, 0.29) is 11.9 Å². The predicted molar refractivity (Wildman–Crippen MR) is 74.4 cm³/mol. The number of nitrogens with two attached hydrogens (primary N) is 1. The monoisotopic (exact) mass is 284 g/mol. The fourth-order valence-electron chi connectivity index (χ4n) is 1.80. The normalized spacial score (nSPS) is 12.7. The van der Waals surface area contributed by atoms with Crippen molar-refractivity contribution in [1.29, 1.82) is 0 Å². The number of halogens is 2. The maximum Gasteiger partial charge on any atom is 0.129 e. The summed E-state index contributed by atoms with van der Waals surface area (Å²) in [4.78, 5) is 2.20. The molecule has 0 saturated carbocycles. The molecule has 0 amide bonds. The first-order valence-corrected chi connectivity index (χ1v) is 6.70. The van der Waals surface area contributed by atoms with E-state index in [9.17, 15) is 4.39 Å². The van der Waals surface area contributed by atoms with Gasteiger partial charge < -0.3 is 0 Å². The summed E-state index contributed by atoms with van der Waals surface area (Å²) < 4.78 is 13.9. The van der Waals surface area contributed by atoms with Crippen molar-refractivity contribution in [3.05, 3.63) is 56.0 Å². The van der Waals surface area contributed by atoms with Crippen molar-refractivity contribution in [3.63, 3.8) is 0 Å². The molecule has 18 heavy (non-hydrogen) atoms. The van der Waals surface area contributed by atoms with Crippen molar-refractivity contribution in [3.8, 4) is 0 Å². The maximum absolute atomic E-state index is 13.9. The highest BCUT2D eigenvalue weighted by Crippen LogP contribution is 2.32. The molecule has 0 aliphatic rings. The number of hydrazine groups is 1. The van der Waals surface area contributed by atoms with Crippen LogP contribution in [0.1, 0.15) is 26.9 Å². The zero-order chi connectivity index (χ0) is 13.3. The molecule has 0 aliphatic heterocycles. The van der Waals surface area contributed by atoms with Gasteiger partial charge in [0.15, 0.2) is 0 Å². The van der Waals surface area contributed by atoms with Gasteiger partial charge in [-0.2, -0.15) is 0 Å². The van der Waals surface area contributed by atoms with Gasteiger partial charge in [0.2, 0.25) is 0 Å².